The summed E-state index contributed by atoms with van der Waals surface area (Å²) >= 11 is 0. The summed E-state index contributed by atoms with van der Waals surface area (Å²) in [7, 11) is 0. The molecule has 2 rings (SSSR count). The van der Waals surface area contributed by atoms with E-state index in [4.69, 9.17) is 0 Å². The first kappa shape index (κ1) is 14.8. The molecule has 0 radical (unpaired) electrons. The summed E-state index contributed by atoms with van der Waals surface area (Å²) in [4.78, 5) is 5.44. The maximum atomic E-state index is 12.6. The number of quaternary nitrogens is 1. The lowest BCUT2D eigenvalue weighted by Crippen LogP contribution is -3.00. The predicted octanol–water partition coefficient (Wildman–Crippen LogP) is -6.05. The van der Waals surface area contributed by atoms with E-state index in [-0.39, 0.29) is 30.6 Å². The number of benzene rings is 1. The number of hydrogen-bond acceptors (Lipinski definition) is 2. The summed E-state index contributed by atoms with van der Waals surface area (Å²) in [5, 5.41) is 3.92. The average Bonchev–Trinajstić information content (AvgIpc) is 2.70. The highest BCUT2D eigenvalue weighted by atomic mass is 35.5. The zero-order valence-electron chi connectivity index (χ0n) is 8.22. The van der Waals surface area contributed by atoms with Gasteiger partial charge in [-0.2, -0.15) is 0 Å². The van der Waals surface area contributed by atoms with Gasteiger partial charge in [-0.3, -0.25) is 0 Å². The molecule has 1 aromatic carbocycles. The lowest BCUT2D eigenvalue weighted by molar-refractivity contribution is -0.733. The molecule has 4 nitrogen and oxygen atoms in total. The summed E-state index contributed by atoms with van der Waals surface area (Å²) in [5.74, 6) is -0.213. The minimum Gasteiger partial charge on any atom is -1.00 e. The van der Waals surface area contributed by atoms with Crippen LogP contribution in [0.1, 0.15) is 5.56 Å². The van der Waals surface area contributed by atoms with Crippen molar-refractivity contribution in [3.8, 4) is 0 Å². The topological polar surface area (TPSA) is 47.3 Å². The van der Waals surface area contributed by atoms with Crippen LogP contribution in [-0.4, -0.2) is 14.9 Å². The first-order valence-corrected chi connectivity index (χ1v) is 4.26. The summed E-state index contributed by atoms with van der Waals surface area (Å²) in [6, 6.07) is 6.40. The van der Waals surface area contributed by atoms with Crippen molar-refractivity contribution in [3.63, 3.8) is 0 Å². The van der Waals surface area contributed by atoms with Crippen molar-refractivity contribution in [3.05, 3.63) is 48.3 Å². The molecule has 16 heavy (non-hydrogen) atoms. The van der Waals surface area contributed by atoms with Gasteiger partial charge in [0.05, 0.1) is 0 Å². The molecule has 0 fully saturated rings. The molecule has 0 aliphatic heterocycles. The lowest BCUT2D eigenvalue weighted by atomic mass is 10.2. The van der Waals surface area contributed by atoms with Crippen molar-refractivity contribution in [2.75, 3.05) is 0 Å². The van der Waals surface area contributed by atoms with Gasteiger partial charge in [0.1, 0.15) is 18.7 Å². The van der Waals surface area contributed by atoms with E-state index < -0.39 is 0 Å². The van der Waals surface area contributed by atoms with Gasteiger partial charge in [-0.15, -0.1) is 5.10 Å². The zero-order valence-corrected chi connectivity index (χ0v) is 9.74. The molecule has 0 unspecified atom stereocenters. The van der Waals surface area contributed by atoms with Gasteiger partial charge >= 0.3 is 0 Å². The van der Waals surface area contributed by atoms with Crippen molar-refractivity contribution in [2.24, 2.45) is 0 Å². The van der Waals surface area contributed by atoms with Crippen LogP contribution in [0, 0.1) is 5.82 Å². The van der Waals surface area contributed by atoms with E-state index in [9.17, 15) is 4.39 Å². The third kappa shape index (κ3) is 4.14. The molecule has 1 heterocycles. The molecule has 2 N–H and O–H groups in total. The van der Waals surface area contributed by atoms with Gasteiger partial charge in [0.25, 0.3) is 0 Å². The number of nitrogens with two attached hydrogens (primary N) is 1. The van der Waals surface area contributed by atoms with E-state index in [0.29, 0.717) is 6.54 Å². The fourth-order valence-electron chi connectivity index (χ4n) is 1.13. The molecule has 0 atom stereocenters. The first-order valence-electron chi connectivity index (χ1n) is 4.26. The minimum absolute atomic E-state index is 0. The number of halogens is 3. The molecule has 88 valence electrons. The number of rotatable bonds is 3. The van der Waals surface area contributed by atoms with E-state index in [2.05, 4.69) is 10.1 Å². The standard InChI is InChI=1S/C9H9FN4.2ClH/c10-9-3-1-8(2-4-9)5-12-14-7-11-6-13-14;;/h1-4,6-7,12H,5H2;2*1H/p-1. The highest BCUT2D eigenvalue weighted by molar-refractivity contribution is 5.14. The Balaban J connectivity index is 0.00000112. The number of hydrogen-bond donors (Lipinski definition) is 1. The van der Waals surface area contributed by atoms with Gasteiger partial charge in [0.15, 0.2) is 6.33 Å². The summed E-state index contributed by atoms with van der Waals surface area (Å²) in [5.41, 5.74) is 2.92. The molecule has 7 heteroatoms. The monoisotopic (exact) mass is 263 g/mol. The van der Waals surface area contributed by atoms with Crippen molar-refractivity contribution < 1.29 is 34.6 Å². The van der Waals surface area contributed by atoms with E-state index in [1.165, 1.54) is 18.5 Å². The third-order valence-electron chi connectivity index (χ3n) is 1.86. The lowest BCUT2D eigenvalue weighted by Gasteiger charge is -1.99. The summed E-state index contributed by atoms with van der Waals surface area (Å²) in [6.45, 7) is 0.712. The molecule has 0 bridgehead atoms. The van der Waals surface area contributed by atoms with Gasteiger partial charge in [-0.1, -0.05) is 16.9 Å². The average molecular weight is 264 g/mol. The smallest absolute Gasteiger partial charge is 0.169 e. The quantitative estimate of drug-likeness (QED) is 0.561. The zero-order chi connectivity index (χ0) is 9.80. The van der Waals surface area contributed by atoms with Crippen LogP contribution in [0.3, 0.4) is 0 Å². The van der Waals surface area contributed by atoms with Gasteiger partial charge in [0, 0.05) is 5.56 Å². The largest absolute Gasteiger partial charge is 1.00 e. The maximum absolute atomic E-state index is 12.6. The molecule has 0 aliphatic rings. The Morgan fingerprint density at radius 1 is 1.19 bits per heavy atom. The second-order valence-electron chi connectivity index (χ2n) is 2.89. The Morgan fingerprint density at radius 3 is 2.44 bits per heavy atom. The van der Waals surface area contributed by atoms with E-state index in [0.717, 1.165) is 5.56 Å². The fourth-order valence-corrected chi connectivity index (χ4v) is 1.13. The molecule has 0 amide bonds. The Kier molecular flexibility index (Phi) is 6.64. The second-order valence-corrected chi connectivity index (χ2v) is 2.89. The Hall–Kier alpha value is -1.17. The van der Waals surface area contributed by atoms with Crippen LogP contribution in [0.5, 0.6) is 0 Å². The van der Waals surface area contributed by atoms with E-state index >= 15 is 0 Å². The first-order chi connectivity index (χ1) is 6.84. The normalized spacial score (nSPS) is 9.06. The Morgan fingerprint density at radius 2 is 1.88 bits per heavy atom. The minimum atomic E-state index is -0.213. The molecule has 2 aromatic rings. The SMILES string of the molecule is Fc1ccc(C[NH2+]n2cncn2)cc1.[Cl-].[Cl-]. The molecule has 0 saturated heterocycles. The van der Waals surface area contributed by atoms with Gasteiger partial charge in [-0.05, 0) is 12.1 Å². The number of aromatic nitrogens is 3. The summed E-state index contributed by atoms with van der Waals surface area (Å²) in [6.07, 6.45) is 3.09. The van der Waals surface area contributed by atoms with Crippen molar-refractivity contribution in [1.29, 1.82) is 0 Å². The van der Waals surface area contributed by atoms with Gasteiger partial charge < -0.3 is 24.8 Å². The van der Waals surface area contributed by atoms with Crippen LogP contribution in [-0.2, 0) is 6.54 Å². The van der Waals surface area contributed by atoms with Gasteiger partial charge in [0.2, 0.25) is 0 Å². The molecule has 0 saturated carbocycles. The Labute approximate surface area is 105 Å². The molecule has 0 aliphatic carbocycles. The van der Waals surface area contributed by atoms with Crippen molar-refractivity contribution in [1.82, 2.24) is 14.9 Å². The van der Waals surface area contributed by atoms with Crippen LogP contribution in [0.15, 0.2) is 36.9 Å². The van der Waals surface area contributed by atoms with Gasteiger partial charge in [-0.25, -0.2) is 14.8 Å². The van der Waals surface area contributed by atoms with Crippen molar-refractivity contribution >= 4 is 0 Å². The van der Waals surface area contributed by atoms with Crippen molar-refractivity contribution in [2.45, 2.75) is 6.54 Å². The highest BCUT2D eigenvalue weighted by Gasteiger charge is 1.97. The third-order valence-corrected chi connectivity index (χ3v) is 1.86. The summed E-state index contributed by atoms with van der Waals surface area (Å²) < 4.78 is 12.6. The molecule has 0 spiro atoms. The van der Waals surface area contributed by atoms with Crippen LogP contribution >= 0.6 is 0 Å². The molecular weight excluding hydrogens is 254 g/mol. The van der Waals surface area contributed by atoms with Crippen LogP contribution < -0.4 is 30.2 Å². The van der Waals surface area contributed by atoms with Crippen LogP contribution in [0.4, 0.5) is 4.39 Å². The molecule has 1 aromatic heterocycles. The predicted molar refractivity (Wildman–Crippen MR) is 47.4 cm³/mol. The van der Waals surface area contributed by atoms with Crippen LogP contribution in [0.25, 0.3) is 0 Å². The van der Waals surface area contributed by atoms with E-state index in [1.807, 2.05) is 5.43 Å². The maximum Gasteiger partial charge on any atom is 0.169 e. The van der Waals surface area contributed by atoms with E-state index in [1.54, 1.807) is 23.3 Å². The highest BCUT2D eigenvalue weighted by Crippen LogP contribution is 2.00. The second kappa shape index (κ2) is 7.16. The molecular formula is C9H10Cl2FN4-. The number of nitrogens with zero attached hydrogens (tertiary/aromatic N) is 3. The Bertz CT molecular complexity index is 390. The fraction of sp³-hybridized carbons (Fsp3) is 0.111. The van der Waals surface area contributed by atoms with Crippen LogP contribution in [0.2, 0.25) is 0 Å².